The molecule has 16 heavy (non-hydrogen) atoms. The van der Waals surface area contributed by atoms with Crippen LogP contribution < -0.4 is 5.73 Å². The van der Waals surface area contributed by atoms with E-state index in [-0.39, 0.29) is 0 Å². The molecule has 0 fully saturated rings. The maximum absolute atomic E-state index is 5.51. The third-order valence-electron chi connectivity index (χ3n) is 2.72. The van der Waals surface area contributed by atoms with Crippen molar-refractivity contribution in [3.63, 3.8) is 0 Å². The van der Waals surface area contributed by atoms with Gasteiger partial charge in [-0.2, -0.15) is 0 Å². The van der Waals surface area contributed by atoms with Crippen LogP contribution in [0.5, 0.6) is 0 Å². The van der Waals surface area contributed by atoms with Gasteiger partial charge in [-0.05, 0) is 20.4 Å². The fraction of sp³-hybridized carbons (Fsp3) is 0.308. The lowest BCUT2D eigenvalue weighted by molar-refractivity contribution is 0.385. The maximum Gasteiger partial charge on any atom is 0.141 e. The molecule has 0 spiro atoms. The minimum Gasteiger partial charge on any atom is -0.360 e. The van der Waals surface area contributed by atoms with Gasteiger partial charge >= 0.3 is 0 Å². The van der Waals surface area contributed by atoms with E-state index >= 15 is 0 Å². The number of nitrogens with two attached hydrogens (primary N) is 1. The molecule has 3 nitrogen and oxygen atoms in total. The van der Waals surface area contributed by atoms with Gasteiger partial charge < -0.3 is 10.3 Å². The van der Waals surface area contributed by atoms with Crippen LogP contribution in [0.4, 0.5) is 0 Å². The normalized spacial score (nSPS) is 10.7. The van der Waals surface area contributed by atoms with Crippen LogP contribution in [-0.4, -0.2) is 11.7 Å². The van der Waals surface area contributed by atoms with Crippen molar-refractivity contribution in [3.05, 3.63) is 41.2 Å². The van der Waals surface area contributed by atoms with Crippen LogP contribution in [-0.2, 0) is 6.42 Å². The zero-order valence-corrected chi connectivity index (χ0v) is 9.66. The largest absolute Gasteiger partial charge is 0.360 e. The molecule has 0 aliphatic rings. The molecule has 0 radical (unpaired) electrons. The number of hydrogen-bond acceptors (Lipinski definition) is 3. The van der Waals surface area contributed by atoms with Crippen LogP contribution in [0.2, 0.25) is 0 Å². The van der Waals surface area contributed by atoms with Crippen LogP contribution in [0.3, 0.4) is 0 Å². The number of aromatic nitrogens is 1. The third kappa shape index (κ3) is 1.99. The molecular weight excluding hydrogens is 200 g/mol. The number of benzene rings is 1. The maximum atomic E-state index is 5.51. The van der Waals surface area contributed by atoms with Gasteiger partial charge in [0.05, 0.1) is 0 Å². The molecule has 0 unspecified atom stereocenters. The van der Waals surface area contributed by atoms with E-state index in [1.54, 1.807) is 0 Å². The average Bonchev–Trinajstić information content (AvgIpc) is 2.63. The van der Waals surface area contributed by atoms with Gasteiger partial charge in [0.1, 0.15) is 11.5 Å². The quantitative estimate of drug-likeness (QED) is 0.857. The van der Waals surface area contributed by atoms with Crippen molar-refractivity contribution in [2.24, 2.45) is 5.73 Å². The fourth-order valence-corrected chi connectivity index (χ4v) is 1.71. The van der Waals surface area contributed by atoms with Crippen LogP contribution in [0.15, 0.2) is 28.8 Å². The Balaban J connectivity index is 2.37. The van der Waals surface area contributed by atoms with Gasteiger partial charge in [0.25, 0.3) is 0 Å². The predicted octanol–water partition coefficient (Wildman–Crippen LogP) is 2.46. The van der Waals surface area contributed by atoms with Gasteiger partial charge in [-0.3, -0.25) is 0 Å². The van der Waals surface area contributed by atoms with Crippen LogP contribution in [0.1, 0.15) is 16.9 Å². The van der Waals surface area contributed by atoms with Crippen LogP contribution in [0, 0.1) is 13.8 Å². The van der Waals surface area contributed by atoms with E-state index in [0.717, 1.165) is 29.0 Å². The third-order valence-corrected chi connectivity index (χ3v) is 2.72. The highest BCUT2D eigenvalue weighted by Gasteiger charge is 2.12. The standard InChI is InChI=1S/C13H16N2O/c1-9-3-5-11(6-4-9)13-10(2)12(7-8-14)16-15-13/h3-6H,7-8,14H2,1-2H3. The van der Waals surface area contributed by atoms with Gasteiger partial charge in [0.15, 0.2) is 0 Å². The van der Waals surface area contributed by atoms with E-state index in [9.17, 15) is 0 Å². The second kappa shape index (κ2) is 4.49. The molecule has 0 amide bonds. The lowest BCUT2D eigenvalue weighted by atomic mass is 10.0. The van der Waals surface area contributed by atoms with E-state index < -0.39 is 0 Å². The van der Waals surface area contributed by atoms with Gasteiger partial charge in [-0.1, -0.05) is 35.0 Å². The number of rotatable bonds is 3. The molecule has 0 saturated heterocycles. The van der Waals surface area contributed by atoms with E-state index in [1.165, 1.54) is 5.56 Å². The zero-order chi connectivity index (χ0) is 11.5. The highest BCUT2D eigenvalue weighted by Crippen LogP contribution is 2.24. The Morgan fingerprint density at radius 2 is 1.88 bits per heavy atom. The first-order valence-electron chi connectivity index (χ1n) is 5.44. The van der Waals surface area contributed by atoms with E-state index in [4.69, 9.17) is 10.3 Å². The van der Waals surface area contributed by atoms with Gasteiger partial charge in [-0.25, -0.2) is 0 Å². The van der Waals surface area contributed by atoms with Crippen molar-refractivity contribution in [3.8, 4) is 11.3 Å². The van der Waals surface area contributed by atoms with Crippen molar-refractivity contribution >= 4 is 0 Å². The molecule has 3 heteroatoms. The Kier molecular flexibility index (Phi) is 3.06. The number of aryl methyl sites for hydroxylation is 1. The van der Waals surface area contributed by atoms with Crippen molar-refractivity contribution in [2.45, 2.75) is 20.3 Å². The Morgan fingerprint density at radius 1 is 1.19 bits per heavy atom. The zero-order valence-electron chi connectivity index (χ0n) is 9.66. The van der Waals surface area contributed by atoms with Crippen LogP contribution in [0.25, 0.3) is 11.3 Å². The molecule has 0 aliphatic carbocycles. The van der Waals surface area contributed by atoms with Crippen LogP contribution >= 0.6 is 0 Å². The highest BCUT2D eigenvalue weighted by molar-refractivity contribution is 5.63. The summed E-state index contributed by atoms with van der Waals surface area (Å²) in [4.78, 5) is 0. The molecule has 2 N–H and O–H groups in total. The molecule has 0 bridgehead atoms. The summed E-state index contributed by atoms with van der Waals surface area (Å²) in [6.07, 6.45) is 0.741. The van der Waals surface area contributed by atoms with Gasteiger partial charge in [0, 0.05) is 17.5 Å². The first kappa shape index (κ1) is 10.9. The second-order valence-electron chi connectivity index (χ2n) is 3.98. The summed E-state index contributed by atoms with van der Waals surface area (Å²) in [7, 11) is 0. The highest BCUT2D eigenvalue weighted by atomic mass is 16.5. The second-order valence-corrected chi connectivity index (χ2v) is 3.98. The van der Waals surface area contributed by atoms with E-state index in [2.05, 4.69) is 36.3 Å². The van der Waals surface area contributed by atoms with E-state index in [1.807, 2.05) is 6.92 Å². The molecule has 0 atom stereocenters. The number of hydrogen-bond donors (Lipinski definition) is 1. The molecular formula is C13H16N2O. The Morgan fingerprint density at radius 3 is 2.50 bits per heavy atom. The Labute approximate surface area is 95.3 Å². The average molecular weight is 216 g/mol. The minimum absolute atomic E-state index is 0.587. The molecule has 84 valence electrons. The molecule has 2 aromatic rings. The molecule has 0 saturated carbocycles. The molecule has 1 aromatic heterocycles. The lowest BCUT2D eigenvalue weighted by Crippen LogP contribution is -2.02. The SMILES string of the molecule is Cc1ccc(-c2noc(CCN)c2C)cc1. The smallest absolute Gasteiger partial charge is 0.141 e. The summed E-state index contributed by atoms with van der Waals surface area (Å²) < 4.78 is 5.29. The minimum atomic E-state index is 0.587. The predicted molar refractivity (Wildman–Crippen MR) is 64.2 cm³/mol. The molecule has 1 heterocycles. The number of nitrogens with zero attached hydrogens (tertiary/aromatic N) is 1. The monoisotopic (exact) mass is 216 g/mol. The lowest BCUT2D eigenvalue weighted by Gasteiger charge is -1.98. The molecule has 0 aliphatic heterocycles. The first-order chi connectivity index (χ1) is 7.72. The fourth-order valence-electron chi connectivity index (χ4n) is 1.71. The Bertz CT molecular complexity index is 471. The summed E-state index contributed by atoms with van der Waals surface area (Å²) >= 11 is 0. The molecule has 2 rings (SSSR count). The summed E-state index contributed by atoms with van der Waals surface area (Å²) in [6.45, 7) is 4.68. The first-order valence-corrected chi connectivity index (χ1v) is 5.44. The van der Waals surface area contributed by atoms with Crippen molar-refractivity contribution in [2.75, 3.05) is 6.54 Å². The van der Waals surface area contributed by atoms with Crippen molar-refractivity contribution in [1.29, 1.82) is 0 Å². The topological polar surface area (TPSA) is 52.0 Å². The summed E-state index contributed by atoms with van der Waals surface area (Å²) in [5.74, 6) is 0.887. The van der Waals surface area contributed by atoms with Crippen molar-refractivity contribution in [1.82, 2.24) is 5.16 Å². The summed E-state index contributed by atoms with van der Waals surface area (Å²) in [5.41, 5.74) is 9.86. The van der Waals surface area contributed by atoms with Gasteiger partial charge in [0.2, 0.25) is 0 Å². The Hall–Kier alpha value is -1.61. The molecule has 1 aromatic carbocycles. The van der Waals surface area contributed by atoms with E-state index in [0.29, 0.717) is 6.54 Å². The summed E-state index contributed by atoms with van der Waals surface area (Å²) in [6, 6.07) is 8.27. The summed E-state index contributed by atoms with van der Waals surface area (Å²) in [5, 5.41) is 4.10. The van der Waals surface area contributed by atoms with Gasteiger partial charge in [-0.15, -0.1) is 0 Å². The van der Waals surface area contributed by atoms with Crippen molar-refractivity contribution < 1.29 is 4.52 Å².